The van der Waals surface area contributed by atoms with Crippen molar-refractivity contribution in [3.05, 3.63) is 127 Å². The van der Waals surface area contributed by atoms with Gasteiger partial charge in [-0.2, -0.15) is 0 Å². The summed E-state index contributed by atoms with van der Waals surface area (Å²) in [6, 6.07) is 43.9. The third kappa shape index (κ3) is 3.41. The van der Waals surface area contributed by atoms with Gasteiger partial charge in [0.1, 0.15) is 0 Å². The molecule has 0 N–H and O–H groups in total. The summed E-state index contributed by atoms with van der Waals surface area (Å²) < 4.78 is 0. The number of benzene rings is 6. The predicted molar refractivity (Wildman–Crippen MR) is 149 cm³/mol. The summed E-state index contributed by atoms with van der Waals surface area (Å²) >= 11 is 0. The largest absolute Gasteiger partial charge is 0.208 e. The van der Waals surface area contributed by atoms with Crippen LogP contribution in [0.4, 0.5) is 0 Å². The molecule has 0 unspecified atom stereocenters. The van der Waals surface area contributed by atoms with E-state index in [4.69, 9.17) is 15.0 Å². The molecule has 36 heavy (non-hydrogen) atoms. The Morgan fingerprint density at radius 2 is 0.833 bits per heavy atom. The van der Waals surface area contributed by atoms with Gasteiger partial charge in [0.2, 0.25) is 0 Å². The van der Waals surface area contributed by atoms with E-state index in [1.54, 1.807) is 0 Å². The minimum Gasteiger partial charge on any atom is -0.208 e. The van der Waals surface area contributed by atoms with Gasteiger partial charge >= 0.3 is 0 Å². The molecule has 0 bridgehead atoms. The molecular weight excluding hydrogens is 438 g/mol. The molecule has 168 valence electrons. The van der Waals surface area contributed by atoms with E-state index in [0.717, 1.165) is 22.1 Å². The zero-order valence-corrected chi connectivity index (χ0v) is 19.5. The molecule has 6 aromatic carbocycles. The van der Waals surface area contributed by atoms with Crippen molar-refractivity contribution < 1.29 is 0 Å². The van der Waals surface area contributed by atoms with Crippen molar-refractivity contribution in [3.63, 3.8) is 0 Å². The SMILES string of the molecule is c1ccc(-c2nc(-c3ccccc3)nc(-c3cccc4ccc5ccc6ccccc6c5c34)n2)cc1. The molecule has 7 rings (SSSR count). The molecule has 0 saturated heterocycles. The topological polar surface area (TPSA) is 38.7 Å². The molecule has 0 spiro atoms. The van der Waals surface area contributed by atoms with Gasteiger partial charge in [-0.05, 0) is 26.9 Å². The second-order valence-electron chi connectivity index (χ2n) is 8.89. The van der Waals surface area contributed by atoms with Gasteiger partial charge < -0.3 is 0 Å². The Balaban J connectivity index is 1.59. The predicted octanol–water partition coefficient (Wildman–Crippen LogP) is 8.33. The molecular formula is C33H21N3. The summed E-state index contributed by atoms with van der Waals surface area (Å²) in [5.74, 6) is 2.01. The Bertz CT molecular complexity index is 1810. The lowest BCUT2D eigenvalue weighted by atomic mass is 9.93. The second kappa shape index (κ2) is 8.40. The fourth-order valence-corrected chi connectivity index (χ4v) is 4.99. The van der Waals surface area contributed by atoms with E-state index in [-0.39, 0.29) is 0 Å². The lowest BCUT2D eigenvalue weighted by molar-refractivity contribution is 1.08. The maximum atomic E-state index is 5.01. The van der Waals surface area contributed by atoms with Crippen LogP contribution < -0.4 is 0 Å². The van der Waals surface area contributed by atoms with Crippen LogP contribution in [0.3, 0.4) is 0 Å². The van der Waals surface area contributed by atoms with Crippen LogP contribution in [0.5, 0.6) is 0 Å². The molecule has 0 fully saturated rings. The maximum absolute atomic E-state index is 5.01. The van der Waals surface area contributed by atoms with Crippen LogP contribution in [-0.2, 0) is 0 Å². The van der Waals surface area contributed by atoms with Gasteiger partial charge in [0.15, 0.2) is 17.5 Å². The molecule has 7 aromatic rings. The minimum atomic E-state index is 0.668. The number of fused-ring (bicyclic) bond motifs is 5. The highest BCUT2D eigenvalue weighted by Gasteiger charge is 2.16. The quantitative estimate of drug-likeness (QED) is 0.249. The van der Waals surface area contributed by atoms with E-state index in [9.17, 15) is 0 Å². The van der Waals surface area contributed by atoms with E-state index < -0.39 is 0 Å². The fourth-order valence-electron chi connectivity index (χ4n) is 4.99. The molecule has 0 radical (unpaired) electrons. The zero-order chi connectivity index (χ0) is 23.9. The summed E-state index contributed by atoms with van der Waals surface area (Å²) in [7, 11) is 0. The van der Waals surface area contributed by atoms with Crippen LogP contribution in [0, 0.1) is 0 Å². The van der Waals surface area contributed by atoms with Crippen molar-refractivity contribution in [2.75, 3.05) is 0 Å². The van der Waals surface area contributed by atoms with Crippen molar-refractivity contribution in [2.45, 2.75) is 0 Å². The van der Waals surface area contributed by atoms with Crippen LogP contribution in [0.15, 0.2) is 127 Å². The highest BCUT2D eigenvalue weighted by Crippen LogP contribution is 2.37. The number of hydrogen-bond donors (Lipinski definition) is 0. The van der Waals surface area contributed by atoms with E-state index in [0.29, 0.717) is 17.5 Å². The zero-order valence-electron chi connectivity index (χ0n) is 19.5. The molecule has 0 aliphatic heterocycles. The van der Waals surface area contributed by atoms with Crippen molar-refractivity contribution in [2.24, 2.45) is 0 Å². The third-order valence-corrected chi connectivity index (χ3v) is 6.69. The molecule has 0 aliphatic rings. The summed E-state index contributed by atoms with van der Waals surface area (Å²) in [4.78, 5) is 14.9. The smallest absolute Gasteiger partial charge is 0.164 e. The van der Waals surface area contributed by atoms with Gasteiger partial charge in [0.05, 0.1) is 0 Å². The van der Waals surface area contributed by atoms with Gasteiger partial charge in [-0.15, -0.1) is 0 Å². The van der Waals surface area contributed by atoms with Gasteiger partial charge in [0.25, 0.3) is 0 Å². The van der Waals surface area contributed by atoms with Crippen molar-refractivity contribution in [1.29, 1.82) is 0 Å². The van der Waals surface area contributed by atoms with Crippen LogP contribution >= 0.6 is 0 Å². The number of rotatable bonds is 3. The van der Waals surface area contributed by atoms with E-state index in [2.05, 4.69) is 66.7 Å². The number of aromatic nitrogens is 3. The Kier molecular flexibility index (Phi) is 4.78. The highest BCUT2D eigenvalue weighted by molar-refractivity contribution is 6.23. The van der Waals surface area contributed by atoms with Crippen molar-refractivity contribution in [1.82, 2.24) is 15.0 Å². The lowest BCUT2D eigenvalue weighted by Crippen LogP contribution is -2.00. The first kappa shape index (κ1) is 20.5. The highest BCUT2D eigenvalue weighted by atomic mass is 15.0. The van der Waals surface area contributed by atoms with Crippen LogP contribution in [-0.4, -0.2) is 15.0 Å². The lowest BCUT2D eigenvalue weighted by Gasteiger charge is -2.13. The number of hydrogen-bond acceptors (Lipinski definition) is 3. The van der Waals surface area contributed by atoms with Gasteiger partial charge in [-0.1, -0.05) is 127 Å². The van der Waals surface area contributed by atoms with Crippen molar-refractivity contribution >= 4 is 32.3 Å². The van der Waals surface area contributed by atoms with Crippen molar-refractivity contribution in [3.8, 4) is 34.2 Å². The Morgan fingerprint density at radius 3 is 1.50 bits per heavy atom. The van der Waals surface area contributed by atoms with Gasteiger partial charge in [0, 0.05) is 22.1 Å². The molecule has 3 nitrogen and oxygen atoms in total. The molecule has 0 amide bonds. The average Bonchev–Trinajstić information content (AvgIpc) is 2.97. The van der Waals surface area contributed by atoms with E-state index in [1.165, 1.54) is 26.9 Å². The second-order valence-corrected chi connectivity index (χ2v) is 8.89. The molecule has 3 heteroatoms. The maximum Gasteiger partial charge on any atom is 0.164 e. The first-order valence-corrected chi connectivity index (χ1v) is 12.1. The summed E-state index contributed by atoms with van der Waals surface area (Å²) in [6.07, 6.45) is 0. The van der Waals surface area contributed by atoms with E-state index in [1.807, 2.05) is 60.7 Å². The Hall–Kier alpha value is -4.89. The average molecular weight is 460 g/mol. The molecule has 1 aromatic heterocycles. The first-order chi connectivity index (χ1) is 17.8. The fraction of sp³-hybridized carbons (Fsp3) is 0. The summed E-state index contributed by atoms with van der Waals surface area (Å²) in [5.41, 5.74) is 2.94. The standard InChI is InChI=1S/C33H21N3/c1-3-11-25(12-4-1)31-34-32(26-13-5-2-6-14-26)36-33(35-31)28-17-9-15-23-20-21-24-19-18-22-10-7-8-16-27(22)29(24)30(23)28/h1-21H. The Morgan fingerprint density at radius 1 is 0.333 bits per heavy atom. The van der Waals surface area contributed by atoms with Gasteiger partial charge in [-0.3, -0.25) is 0 Å². The van der Waals surface area contributed by atoms with Crippen LogP contribution in [0.1, 0.15) is 0 Å². The molecule has 0 saturated carbocycles. The molecule has 1 heterocycles. The normalized spacial score (nSPS) is 11.3. The summed E-state index contributed by atoms with van der Waals surface area (Å²) in [5, 5.41) is 7.21. The third-order valence-electron chi connectivity index (χ3n) is 6.69. The summed E-state index contributed by atoms with van der Waals surface area (Å²) in [6.45, 7) is 0. The first-order valence-electron chi connectivity index (χ1n) is 12.1. The molecule has 0 aliphatic carbocycles. The Labute approximate surface area is 208 Å². The minimum absolute atomic E-state index is 0.668. The van der Waals surface area contributed by atoms with Gasteiger partial charge in [-0.25, -0.2) is 15.0 Å². The van der Waals surface area contributed by atoms with Crippen LogP contribution in [0.25, 0.3) is 66.5 Å². The van der Waals surface area contributed by atoms with E-state index >= 15 is 0 Å². The number of nitrogens with zero attached hydrogens (tertiary/aromatic N) is 3. The van der Waals surface area contributed by atoms with Crippen LogP contribution in [0.2, 0.25) is 0 Å². The monoisotopic (exact) mass is 459 g/mol. The molecule has 0 atom stereocenters.